The Hall–Kier alpha value is -1.75. The van der Waals surface area contributed by atoms with E-state index in [4.69, 9.17) is 0 Å². The van der Waals surface area contributed by atoms with E-state index >= 15 is 0 Å². The van der Waals surface area contributed by atoms with Crippen molar-refractivity contribution in [3.8, 4) is 0 Å². The highest BCUT2D eigenvalue weighted by atomic mass is 19.1. The monoisotopic (exact) mass is 370 g/mol. The van der Waals surface area contributed by atoms with Gasteiger partial charge in [0.15, 0.2) is 0 Å². The van der Waals surface area contributed by atoms with Crippen LogP contribution in [0.3, 0.4) is 0 Å². The van der Waals surface area contributed by atoms with Gasteiger partial charge in [-0.15, -0.1) is 0 Å². The fourth-order valence-electron chi connectivity index (χ4n) is 4.90. The van der Waals surface area contributed by atoms with Gasteiger partial charge >= 0.3 is 0 Å². The molecule has 0 aliphatic carbocycles. The van der Waals surface area contributed by atoms with E-state index in [9.17, 15) is 4.39 Å². The van der Waals surface area contributed by atoms with Crippen molar-refractivity contribution in [2.75, 3.05) is 39.3 Å². The van der Waals surface area contributed by atoms with Crippen molar-refractivity contribution in [2.45, 2.75) is 32.0 Å². The highest BCUT2D eigenvalue weighted by Gasteiger charge is 2.33. The van der Waals surface area contributed by atoms with Gasteiger partial charge in [-0.05, 0) is 12.1 Å². The molecule has 2 heterocycles. The minimum Gasteiger partial charge on any atom is -0.331 e. The molecule has 3 N–H and O–H groups in total. The van der Waals surface area contributed by atoms with E-state index in [2.05, 4.69) is 30.3 Å². The molecule has 2 saturated heterocycles. The van der Waals surface area contributed by atoms with Gasteiger partial charge in [0.1, 0.15) is 45.1 Å². The summed E-state index contributed by atoms with van der Waals surface area (Å²) in [6, 6.07) is 18.8. The number of hydrogen-bond donors (Lipinski definition) is 3. The van der Waals surface area contributed by atoms with Gasteiger partial charge in [0.2, 0.25) is 0 Å². The second kappa shape index (κ2) is 8.96. The summed E-state index contributed by atoms with van der Waals surface area (Å²) in [4.78, 5) is 5.24. The van der Waals surface area contributed by atoms with E-state index in [1.54, 1.807) is 21.9 Å². The zero-order chi connectivity index (χ0) is 18.5. The van der Waals surface area contributed by atoms with Gasteiger partial charge in [-0.2, -0.15) is 0 Å². The number of piperazine rings is 1. The number of rotatable bonds is 5. The van der Waals surface area contributed by atoms with Crippen LogP contribution in [0.15, 0.2) is 54.6 Å². The van der Waals surface area contributed by atoms with Crippen LogP contribution in [0, 0.1) is 5.82 Å². The van der Waals surface area contributed by atoms with Gasteiger partial charge in [-0.3, -0.25) is 0 Å². The van der Waals surface area contributed by atoms with Gasteiger partial charge in [0.05, 0.1) is 19.1 Å². The molecule has 0 aromatic heterocycles. The van der Waals surface area contributed by atoms with Crippen LogP contribution >= 0.6 is 0 Å². The number of halogens is 1. The fraction of sp³-hybridized carbons (Fsp3) is 0.478. The lowest BCUT2D eigenvalue weighted by Gasteiger charge is -2.37. The number of hydrogen-bond acceptors (Lipinski definition) is 0. The smallest absolute Gasteiger partial charge is 0.127 e. The molecule has 2 aliphatic rings. The number of likely N-dealkylation sites (tertiary alicyclic amines) is 1. The van der Waals surface area contributed by atoms with E-state index in [0.717, 1.165) is 12.6 Å². The normalized spacial score (nSPS) is 28.8. The first-order chi connectivity index (χ1) is 13.3. The third-order valence-corrected chi connectivity index (χ3v) is 6.53. The molecule has 144 valence electrons. The van der Waals surface area contributed by atoms with E-state index in [1.165, 1.54) is 69.8 Å². The van der Waals surface area contributed by atoms with Crippen LogP contribution in [0.1, 0.15) is 24.0 Å². The van der Waals surface area contributed by atoms with Crippen molar-refractivity contribution >= 4 is 0 Å². The first-order valence-corrected chi connectivity index (χ1v) is 10.6. The molecule has 4 heteroatoms. The lowest BCUT2D eigenvalue weighted by molar-refractivity contribution is -1.04. The Morgan fingerprint density at radius 3 is 1.85 bits per heavy atom. The summed E-state index contributed by atoms with van der Waals surface area (Å²) in [6.07, 6.45) is 2.67. The molecule has 0 atom stereocenters. The van der Waals surface area contributed by atoms with Gasteiger partial charge < -0.3 is 14.7 Å². The molecule has 0 saturated carbocycles. The van der Waals surface area contributed by atoms with Crippen LogP contribution in [0.2, 0.25) is 0 Å². The first kappa shape index (κ1) is 18.6. The molecular formula is C23H33FN3+3. The average molecular weight is 371 g/mol. The van der Waals surface area contributed by atoms with Crippen LogP contribution in [-0.2, 0) is 13.1 Å². The van der Waals surface area contributed by atoms with E-state index in [1.807, 2.05) is 17.0 Å². The van der Waals surface area contributed by atoms with E-state index in [0.29, 0.717) is 0 Å². The van der Waals surface area contributed by atoms with Crippen LogP contribution < -0.4 is 14.7 Å². The highest BCUT2D eigenvalue weighted by molar-refractivity contribution is 5.15. The molecule has 4 rings (SSSR count). The molecule has 2 aliphatic heterocycles. The predicted octanol–water partition coefficient (Wildman–Crippen LogP) is -0.643. The van der Waals surface area contributed by atoms with E-state index in [-0.39, 0.29) is 5.82 Å². The second-order valence-corrected chi connectivity index (χ2v) is 8.40. The lowest BCUT2D eigenvalue weighted by atomic mass is 10.0. The minimum absolute atomic E-state index is 0.135. The largest absolute Gasteiger partial charge is 0.331 e. The molecule has 2 aromatic rings. The summed E-state index contributed by atoms with van der Waals surface area (Å²) in [5.74, 6) is -0.135. The number of piperidine rings is 1. The fourth-order valence-corrected chi connectivity index (χ4v) is 4.90. The lowest BCUT2D eigenvalue weighted by Crippen LogP contribution is -3.30. The maximum absolute atomic E-state index is 13.1. The zero-order valence-corrected chi connectivity index (χ0v) is 16.2. The minimum atomic E-state index is -0.135. The van der Waals surface area contributed by atoms with Gasteiger partial charge in [0.25, 0.3) is 0 Å². The van der Waals surface area contributed by atoms with Crippen molar-refractivity contribution in [3.05, 3.63) is 71.5 Å². The molecule has 0 bridgehead atoms. The number of quaternary nitrogens is 3. The summed E-state index contributed by atoms with van der Waals surface area (Å²) in [5, 5.41) is 0. The third kappa shape index (κ3) is 5.16. The van der Waals surface area contributed by atoms with Gasteiger partial charge in [-0.25, -0.2) is 4.39 Å². The van der Waals surface area contributed by atoms with Crippen LogP contribution in [-0.4, -0.2) is 45.3 Å². The molecule has 0 spiro atoms. The van der Waals surface area contributed by atoms with Crippen molar-refractivity contribution < 1.29 is 19.1 Å². The summed E-state index contributed by atoms with van der Waals surface area (Å²) < 4.78 is 13.1. The summed E-state index contributed by atoms with van der Waals surface area (Å²) in [7, 11) is 0. The van der Waals surface area contributed by atoms with Crippen LogP contribution in [0.5, 0.6) is 0 Å². The molecule has 3 nitrogen and oxygen atoms in total. The molecule has 0 unspecified atom stereocenters. The number of benzene rings is 2. The molecule has 2 aromatic carbocycles. The van der Waals surface area contributed by atoms with Gasteiger partial charge in [0, 0.05) is 24.0 Å². The topological polar surface area (TPSA) is 13.3 Å². The van der Waals surface area contributed by atoms with Crippen molar-refractivity contribution in [1.82, 2.24) is 0 Å². The second-order valence-electron chi connectivity index (χ2n) is 8.40. The number of nitrogens with one attached hydrogen (secondary N) is 3. The Kier molecular flexibility index (Phi) is 6.17. The maximum Gasteiger partial charge on any atom is 0.127 e. The standard InChI is InChI=1S/C23H30FN3/c24-22-8-6-21(7-9-22)19-25-12-10-23(11-13-25)27-16-14-26(15-17-27)18-20-4-2-1-3-5-20/h1-9,23H,10-19H2/p+3. The van der Waals surface area contributed by atoms with Gasteiger partial charge in [-0.1, -0.05) is 42.5 Å². The SMILES string of the molecule is Fc1ccc(C[NH+]2CCC([NH+]3CC[NH+](Cc4ccccc4)CC3)CC2)cc1. The summed E-state index contributed by atoms with van der Waals surface area (Å²) in [6.45, 7) is 9.96. The molecule has 2 fully saturated rings. The Bertz CT molecular complexity index is 687. The van der Waals surface area contributed by atoms with E-state index < -0.39 is 0 Å². The maximum atomic E-state index is 13.1. The Labute approximate surface area is 162 Å². The molecular weight excluding hydrogens is 337 g/mol. The quantitative estimate of drug-likeness (QED) is 0.620. The molecule has 27 heavy (non-hydrogen) atoms. The Morgan fingerprint density at radius 1 is 0.667 bits per heavy atom. The average Bonchev–Trinajstić information content (AvgIpc) is 2.72. The summed E-state index contributed by atoms with van der Waals surface area (Å²) in [5.41, 5.74) is 2.73. The first-order valence-electron chi connectivity index (χ1n) is 10.6. The Balaban J connectivity index is 1.20. The van der Waals surface area contributed by atoms with Crippen LogP contribution in [0.4, 0.5) is 4.39 Å². The molecule has 0 radical (unpaired) electrons. The summed E-state index contributed by atoms with van der Waals surface area (Å²) >= 11 is 0. The van der Waals surface area contributed by atoms with Crippen LogP contribution in [0.25, 0.3) is 0 Å². The highest BCUT2D eigenvalue weighted by Crippen LogP contribution is 2.03. The van der Waals surface area contributed by atoms with Crippen molar-refractivity contribution in [2.24, 2.45) is 0 Å². The predicted molar refractivity (Wildman–Crippen MR) is 105 cm³/mol. The van der Waals surface area contributed by atoms with Crippen molar-refractivity contribution in [1.29, 1.82) is 0 Å². The Morgan fingerprint density at radius 2 is 1.22 bits per heavy atom. The van der Waals surface area contributed by atoms with Crippen molar-refractivity contribution in [3.63, 3.8) is 0 Å². The third-order valence-electron chi connectivity index (χ3n) is 6.53. The molecule has 0 amide bonds. The zero-order valence-electron chi connectivity index (χ0n) is 16.2.